The summed E-state index contributed by atoms with van der Waals surface area (Å²) in [5.41, 5.74) is 2.38. The summed E-state index contributed by atoms with van der Waals surface area (Å²) in [6, 6.07) is 8.16. The highest BCUT2D eigenvalue weighted by atomic mass is 32.1. The smallest absolute Gasteiger partial charge is 0.351 e. The largest absolute Gasteiger partial charge is 0.492 e. The summed E-state index contributed by atoms with van der Waals surface area (Å²) in [5.74, 6) is -1.52. The predicted octanol–water partition coefficient (Wildman–Crippen LogP) is 2.64. The molecule has 0 aliphatic heterocycles. The summed E-state index contributed by atoms with van der Waals surface area (Å²) in [6.45, 7) is 2.03. The maximum absolute atomic E-state index is 10.8. The third kappa shape index (κ3) is 2.87. The molecule has 0 unspecified atom stereocenters. The molecule has 0 atom stereocenters. The van der Waals surface area contributed by atoms with Crippen LogP contribution >= 0.6 is 11.3 Å². The van der Waals surface area contributed by atoms with Crippen LogP contribution in [0.3, 0.4) is 0 Å². The maximum Gasteiger partial charge on any atom is 0.351 e. The monoisotopic (exact) mass is 263 g/mol. The Kier molecular flexibility index (Phi) is 3.62. The molecule has 0 amide bonds. The van der Waals surface area contributed by atoms with E-state index >= 15 is 0 Å². The fraction of sp³-hybridized carbons (Fsp3) is 0.231. The van der Waals surface area contributed by atoms with Crippen molar-refractivity contribution in [1.29, 1.82) is 0 Å². The second-order valence-electron chi connectivity index (χ2n) is 4.05. The second kappa shape index (κ2) is 5.18. The first-order chi connectivity index (χ1) is 8.56. The van der Waals surface area contributed by atoms with E-state index in [1.165, 1.54) is 11.1 Å². The Labute approximate surface area is 109 Å². The molecule has 0 saturated heterocycles. The molecule has 1 aromatic heterocycles. The summed E-state index contributed by atoms with van der Waals surface area (Å²) in [6.07, 6.45) is 1.42. The number of hydrogen-bond donors (Lipinski definition) is 2. The second-order valence-corrected chi connectivity index (χ2v) is 5.13. The van der Waals surface area contributed by atoms with Crippen LogP contribution in [0.25, 0.3) is 0 Å². The summed E-state index contributed by atoms with van der Waals surface area (Å²) < 4.78 is 0. The molecule has 0 saturated carbocycles. The van der Waals surface area contributed by atoms with Crippen molar-refractivity contribution in [1.82, 2.24) is 4.98 Å². The molecule has 0 spiro atoms. The molecule has 1 aromatic carbocycles. The van der Waals surface area contributed by atoms with Crippen molar-refractivity contribution >= 4 is 17.3 Å². The molecule has 0 fully saturated rings. The van der Waals surface area contributed by atoms with Crippen molar-refractivity contribution in [3.8, 4) is 5.88 Å². The van der Waals surface area contributed by atoms with Gasteiger partial charge in [0.2, 0.25) is 5.88 Å². The van der Waals surface area contributed by atoms with Crippen LogP contribution in [0.5, 0.6) is 5.88 Å². The molecule has 2 aromatic rings. The lowest BCUT2D eigenvalue weighted by molar-refractivity contribution is 0.0699. The van der Waals surface area contributed by atoms with Gasteiger partial charge in [-0.05, 0) is 18.9 Å². The van der Waals surface area contributed by atoms with Gasteiger partial charge in [0.05, 0.1) is 5.01 Å². The average Bonchev–Trinajstić information content (AvgIpc) is 2.70. The molecule has 18 heavy (non-hydrogen) atoms. The van der Waals surface area contributed by atoms with Crippen molar-refractivity contribution < 1.29 is 15.0 Å². The molecule has 0 aliphatic carbocycles. The van der Waals surface area contributed by atoms with E-state index in [1.807, 2.05) is 31.2 Å². The minimum atomic E-state index is -1.13. The van der Waals surface area contributed by atoms with Crippen molar-refractivity contribution in [2.75, 3.05) is 0 Å². The highest BCUT2D eigenvalue weighted by Gasteiger charge is 2.16. The summed E-state index contributed by atoms with van der Waals surface area (Å²) in [4.78, 5) is 14.5. The van der Waals surface area contributed by atoms with Gasteiger partial charge in [0, 0.05) is 6.42 Å². The van der Waals surface area contributed by atoms with E-state index in [0.717, 1.165) is 17.8 Å². The van der Waals surface area contributed by atoms with Crippen LogP contribution in [0.15, 0.2) is 24.3 Å². The topological polar surface area (TPSA) is 70.4 Å². The van der Waals surface area contributed by atoms with E-state index in [-0.39, 0.29) is 10.8 Å². The molecule has 0 aliphatic rings. The Hall–Kier alpha value is -1.88. The van der Waals surface area contributed by atoms with Gasteiger partial charge >= 0.3 is 5.97 Å². The van der Waals surface area contributed by atoms with Crippen LogP contribution in [0.4, 0.5) is 0 Å². The van der Waals surface area contributed by atoms with Crippen molar-refractivity contribution in [3.63, 3.8) is 0 Å². The van der Waals surface area contributed by atoms with Gasteiger partial charge in [-0.2, -0.15) is 0 Å². The minimum absolute atomic E-state index is 0.0890. The number of carbonyl (C=O) groups is 1. The molecular formula is C13H13NO3S. The zero-order valence-electron chi connectivity index (χ0n) is 9.88. The number of hydrogen-bond acceptors (Lipinski definition) is 4. The normalized spacial score (nSPS) is 10.5. The molecule has 1 heterocycles. The van der Waals surface area contributed by atoms with Gasteiger partial charge in [-0.1, -0.05) is 29.8 Å². The standard InChI is InChI=1S/C13H13NO3S/c1-8-2-4-9(5-3-8)6-7-10-14-12(15)11(18-10)13(16)17/h2-5,15H,6-7H2,1H3,(H,16,17). The number of rotatable bonds is 4. The molecule has 5 heteroatoms. The van der Waals surface area contributed by atoms with Gasteiger partial charge in [0.15, 0.2) is 4.88 Å². The number of aromatic hydroxyl groups is 1. The first-order valence-corrected chi connectivity index (χ1v) is 6.35. The van der Waals surface area contributed by atoms with Gasteiger partial charge < -0.3 is 10.2 Å². The molecule has 0 radical (unpaired) electrons. The number of nitrogens with zero attached hydrogens (tertiary/aromatic N) is 1. The number of aromatic nitrogens is 1. The van der Waals surface area contributed by atoms with Gasteiger partial charge in [0.1, 0.15) is 0 Å². The number of aryl methyl sites for hydroxylation is 3. The highest BCUT2D eigenvalue weighted by molar-refractivity contribution is 7.13. The Bertz CT molecular complexity index is 560. The van der Waals surface area contributed by atoms with Crippen molar-refractivity contribution in [3.05, 3.63) is 45.3 Å². The average molecular weight is 263 g/mol. The van der Waals surface area contributed by atoms with Crippen LogP contribution in [-0.4, -0.2) is 21.2 Å². The van der Waals surface area contributed by atoms with E-state index in [4.69, 9.17) is 5.11 Å². The molecule has 2 rings (SSSR count). The lowest BCUT2D eigenvalue weighted by Crippen LogP contribution is -1.91. The van der Waals surface area contributed by atoms with Crippen LogP contribution < -0.4 is 0 Å². The van der Waals surface area contributed by atoms with Crippen LogP contribution in [-0.2, 0) is 12.8 Å². The van der Waals surface area contributed by atoms with E-state index < -0.39 is 5.97 Å². The third-order valence-corrected chi connectivity index (χ3v) is 3.69. The van der Waals surface area contributed by atoms with Crippen molar-refractivity contribution in [2.45, 2.75) is 19.8 Å². The van der Waals surface area contributed by atoms with Crippen molar-refractivity contribution in [2.24, 2.45) is 0 Å². The number of carboxylic acids is 1. The zero-order chi connectivity index (χ0) is 13.1. The molecular weight excluding hydrogens is 250 g/mol. The van der Waals surface area contributed by atoms with Gasteiger partial charge in [0.25, 0.3) is 0 Å². The fourth-order valence-corrected chi connectivity index (χ4v) is 2.40. The number of aromatic carboxylic acids is 1. The number of thiazole rings is 1. The van der Waals surface area contributed by atoms with E-state index in [1.54, 1.807) is 0 Å². The van der Waals surface area contributed by atoms with Gasteiger partial charge in [-0.25, -0.2) is 9.78 Å². The Morgan fingerprint density at radius 2 is 1.94 bits per heavy atom. The van der Waals surface area contributed by atoms with Gasteiger partial charge in [-0.3, -0.25) is 0 Å². The van der Waals surface area contributed by atoms with E-state index in [2.05, 4.69) is 4.98 Å². The molecule has 4 nitrogen and oxygen atoms in total. The van der Waals surface area contributed by atoms with Gasteiger partial charge in [-0.15, -0.1) is 11.3 Å². The van der Waals surface area contributed by atoms with E-state index in [9.17, 15) is 9.90 Å². The fourth-order valence-electron chi connectivity index (χ4n) is 1.61. The van der Waals surface area contributed by atoms with E-state index in [0.29, 0.717) is 11.4 Å². The Morgan fingerprint density at radius 1 is 1.28 bits per heavy atom. The number of carboxylic acid groups (broad SMARTS) is 1. The zero-order valence-corrected chi connectivity index (χ0v) is 10.7. The molecule has 94 valence electrons. The third-order valence-electron chi connectivity index (χ3n) is 2.60. The van der Waals surface area contributed by atoms with Crippen LogP contribution in [0.1, 0.15) is 25.8 Å². The summed E-state index contributed by atoms with van der Waals surface area (Å²) in [5, 5.41) is 18.8. The Morgan fingerprint density at radius 3 is 2.50 bits per heavy atom. The lowest BCUT2D eigenvalue weighted by atomic mass is 10.1. The first-order valence-electron chi connectivity index (χ1n) is 5.54. The quantitative estimate of drug-likeness (QED) is 0.889. The van der Waals surface area contributed by atoms with Crippen LogP contribution in [0.2, 0.25) is 0 Å². The minimum Gasteiger partial charge on any atom is -0.492 e. The summed E-state index contributed by atoms with van der Waals surface area (Å²) in [7, 11) is 0. The summed E-state index contributed by atoms with van der Waals surface area (Å²) >= 11 is 1.03. The Balaban J connectivity index is 2.04. The molecule has 0 bridgehead atoms. The SMILES string of the molecule is Cc1ccc(CCc2nc(O)c(C(=O)O)s2)cc1. The predicted molar refractivity (Wildman–Crippen MR) is 69.3 cm³/mol. The number of benzene rings is 1. The van der Waals surface area contributed by atoms with Crippen LogP contribution in [0, 0.1) is 6.92 Å². The lowest BCUT2D eigenvalue weighted by Gasteiger charge is -1.99. The maximum atomic E-state index is 10.8. The molecule has 2 N–H and O–H groups in total. The highest BCUT2D eigenvalue weighted by Crippen LogP contribution is 2.25. The first kappa shape index (κ1) is 12.6.